The first-order chi connectivity index (χ1) is 11.0. The van der Waals surface area contributed by atoms with Gasteiger partial charge in [0.05, 0.1) is 18.8 Å². The highest BCUT2D eigenvalue weighted by molar-refractivity contribution is 5.97. The van der Waals surface area contributed by atoms with Gasteiger partial charge in [-0.05, 0) is 19.1 Å². The van der Waals surface area contributed by atoms with E-state index in [-0.39, 0.29) is 18.6 Å². The molecule has 1 saturated heterocycles. The lowest BCUT2D eigenvalue weighted by Gasteiger charge is -2.34. The molecule has 1 unspecified atom stereocenters. The van der Waals surface area contributed by atoms with Crippen LogP contribution in [0.2, 0.25) is 0 Å². The van der Waals surface area contributed by atoms with E-state index in [9.17, 15) is 9.59 Å². The maximum absolute atomic E-state index is 12.9. The Labute approximate surface area is 132 Å². The van der Waals surface area contributed by atoms with Gasteiger partial charge in [0.25, 0.3) is 5.91 Å². The van der Waals surface area contributed by atoms with Crippen molar-refractivity contribution in [1.29, 1.82) is 0 Å². The maximum atomic E-state index is 12.9. The van der Waals surface area contributed by atoms with E-state index in [1.165, 1.54) is 11.1 Å². The summed E-state index contributed by atoms with van der Waals surface area (Å²) in [6.07, 6.45) is 3.83. The second-order valence-electron chi connectivity index (χ2n) is 5.58. The van der Waals surface area contributed by atoms with Gasteiger partial charge in [0.1, 0.15) is 11.4 Å². The Bertz CT molecular complexity index is 722. The molecule has 1 amide bonds. The summed E-state index contributed by atoms with van der Waals surface area (Å²) in [5.74, 6) is -0.666. The average Bonchev–Trinajstić information content (AvgIpc) is 3.14. The molecule has 3 rings (SSSR count). The number of aromatic nitrogens is 3. The largest absolute Gasteiger partial charge is 0.479 e. The van der Waals surface area contributed by atoms with Crippen molar-refractivity contribution in [3.63, 3.8) is 0 Å². The van der Waals surface area contributed by atoms with E-state index in [1.807, 2.05) is 24.5 Å². The van der Waals surface area contributed by atoms with Crippen LogP contribution in [0, 0.1) is 0 Å². The molecule has 0 radical (unpaired) electrons. The Balaban J connectivity index is 1.90. The molecular formula is C15H18N4O4. The van der Waals surface area contributed by atoms with Gasteiger partial charge in [0.2, 0.25) is 0 Å². The van der Waals surface area contributed by atoms with Gasteiger partial charge in [0.15, 0.2) is 6.10 Å². The van der Waals surface area contributed by atoms with Crippen molar-refractivity contribution in [2.75, 3.05) is 13.1 Å². The van der Waals surface area contributed by atoms with Crippen LogP contribution < -0.4 is 0 Å². The molecule has 0 saturated carbocycles. The standard InChI is InChI=1S/C15H18N4O4/c1-10-8-19(9-12(23-10)15(21)22)14(20)11-7-16-17(2)13(11)18-5-3-4-6-18/h3-7,10,12H,8-9H2,1-2H3,(H,21,22)/t10-,12?/m1/s1. The molecular weight excluding hydrogens is 300 g/mol. The predicted molar refractivity (Wildman–Crippen MR) is 80.4 cm³/mol. The maximum Gasteiger partial charge on any atom is 0.334 e. The van der Waals surface area contributed by atoms with Crippen LogP contribution in [0.3, 0.4) is 0 Å². The Morgan fingerprint density at radius 2 is 2.00 bits per heavy atom. The highest BCUT2D eigenvalue weighted by atomic mass is 16.5. The second kappa shape index (κ2) is 5.88. The molecule has 2 aromatic heterocycles. The number of carbonyl (C=O) groups excluding carboxylic acids is 1. The number of aryl methyl sites for hydroxylation is 1. The Hall–Kier alpha value is -2.61. The van der Waals surface area contributed by atoms with Gasteiger partial charge in [0, 0.05) is 26.0 Å². The highest BCUT2D eigenvalue weighted by Crippen LogP contribution is 2.19. The summed E-state index contributed by atoms with van der Waals surface area (Å²) in [7, 11) is 1.76. The zero-order valence-corrected chi connectivity index (χ0v) is 12.9. The molecule has 122 valence electrons. The number of aliphatic carboxylic acids is 1. The van der Waals surface area contributed by atoms with Crippen molar-refractivity contribution in [2.45, 2.75) is 19.1 Å². The second-order valence-corrected chi connectivity index (χ2v) is 5.58. The van der Waals surface area contributed by atoms with Gasteiger partial charge in [-0.2, -0.15) is 5.10 Å². The zero-order chi connectivity index (χ0) is 16.6. The summed E-state index contributed by atoms with van der Waals surface area (Å²) in [5.41, 5.74) is 0.432. The number of morpholine rings is 1. The average molecular weight is 318 g/mol. The molecule has 0 aromatic carbocycles. The van der Waals surface area contributed by atoms with Crippen molar-refractivity contribution in [1.82, 2.24) is 19.2 Å². The molecule has 3 heterocycles. The fraction of sp³-hybridized carbons (Fsp3) is 0.400. The van der Waals surface area contributed by atoms with Crippen LogP contribution in [0.5, 0.6) is 0 Å². The van der Waals surface area contributed by atoms with Crippen LogP contribution >= 0.6 is 0 Å². The van der Waals surface area contributed by atoms with Crippen LogP contribution in [-0.4, -0.2) is 61.5 Å². The van der Waals surface area contributed by atoms with Gasteiger partial charge < -0.3 is 19.3 Å². The van der Waals surface area contributed by atoms with Crippen molar-refractivity contribution in [2.24, 2.45) is 7.05 Å². The lowest BCUT2D eigenvalue weighted by atomic mass is 10.2. The molecule has 23 heavy (non-hydrogen) atoms. The van der Waals surface area contributed by atoms with E-state index < -0.39 is 12.1 Å². The summed E-state index contributed by atoms with van der Waals surface area (Å²) in [6, 6.07) is 3.72. The van der Waals surface area contributed by atoms with Crippen molar-refractivity contribution >= 4 is 11.9 Å². The zero-order valence-electron chi connectivity index (χ0n) is 12.9. The minimum Gasteiger partial charge on any atom is -0.479 e. The molecule has 0 spiro atoms. The minimum atomic E-state index is -1.06. The number of nitrogens with zero attached hydrogens (tertiary/aromatic N) is 4. The molecule has 8 heteroatoms. The molecule has 0 aliphatic carbocycles. The monoisotopic (exact) mass is 318 g/mol. The number of hydrogen-bond donors (Lipinski definition) is 1. The summed E-state index contributed by atoms with van der Waals surface area (Å²) >= 11 is 0. The molecule has 8 nitrogen and oxygen atoms in total. The first kappa shape index (κ1) is 15.3. The normalized spacial score (nSPS) is 21.4. The number of hydrogen-bond acceptors (Lipinski definition) is 4. The topological polar surface area (TPSA) is 89.6 Å². The molecule has 1 N–H and O–H groups in total. The number of ether oxygens (including phenoxy) is 1. The first-order valence-electron chi connectivity index (χ1n) is 7.30. The summed E-state index contributed by atoms with van der Waals surface area (Å²) < 4.78 is 8.77. The minimum absolute atomic E-state index is 0.0263. The summed E-state index contributed by atoms with van der Waals surface area (Å²) in [6.45, 7) is 2.13. The van der Waals surface area contributed by atoms with Crippen LogP contribution in [0.15, 0.2) is 30.7 Å². The van der Waals surface area contributed by atoms with Crippen LogP contribution in [-0.2, 0) is 16.6 Å². The van der Waals surface area contributed by atoms with E-state index in [4.69, 9.17) is 9.84 Å². The van der Waals surface area contributed by atoms with Crippen LogP contribution in [0.25, 0.3) is 5.82 Å². The summed E-state index contributed by atoms with van der Waals surface area (Å²) in [5, 5.41) is 13.3. The van der Waals surface area contributed by atoms with E-state index >= 15 is 0 Å². The SMILES string of the molecule is C[C@@H]1CN(C(=O)c2cnn(C)c2-n2cccc2)CC(C(=O)O)O1. The lowest BCUT2D eigenvalue weighted by Crippen LogP contribution is -2.51. The van der Waals surface area contributed by atoms with Gasteiger partial charge in [-0.3, -0.25) is 9.48 Å². The number of carbonyl (C=O) groups is 2. The fourth-order valence-electron chi connectivity index (χ4n) is 2.79. The van der Waals surface area contributed by atoms with E-state index in [0.717, 1.165) is 0 Å². The number of carboxylic acid groups (broad SMARTS) is 1. The molecule has 2 atom stereocenters. The quantitative estimate of drug-likeness (QED) is 0.891. The predicted octanol–water partition coefficient (Wildman–Crippen LogP) is 0.525. The van der Waals surface area contributed by atoms with Gasteiger partial charge in [-0.25, -0.2) is 4.79 Å². The fourth-order valence-corrected chi connectivity index (χ4v) is 2.79. The molecule has 0 bridgehead atoms. The van der Waals surface area contributed by atoms with Gasteiger partial charge >= 0.3 is 5.97 Å². The number of carboxylic acids is 1. The van der Waals surface area contributed by atoms with Crippen LogP contribution in [0.4, 0.5) is 0 Å². The Morgan fingerprint density at radius 3 is 2.65 bits per heavy atom. The first-order valence-corrected chi connectivity index (χ1v) is 7.30. The molecule has 1 fully saturated rings. The number of rotatable bonds is 3. The third-order valence-corrected chi connectivity index (χ3v) is 3.81. The smallest absolute Gasteiger partial charge is 0.334 e. The third-order valence-electron chi connectivity index (χ3n) is 3.81. The van der Waals surface area contributed by atoms with Crippen molar-refractivity contribution in [3.05, 3.63) is 36.3 Å². The van der Waals surface area contributed by atoms with Crippen molar-refractivity contribution in [3.8, 4) is 5.82 Å². The Kier molecular flexibility index (Phi) is 3.91. The highest BCUT2D eigenvalue weighted by Gasteiger charge is 2.34. The molecule has 1 aliphatic heterocycles. The molecule has 2 aromatic rings. The third kappa shape index (κ3) is 2.85. The molecule has 1 aliphatic rings. The van der Waals surface area contributed by atoms with Crippen molar-refractivity contribution < 1.29 is 19.4 Å². The number of amides is 1. The lowest BCUT2D eigenvalue weighted by molar-refractivity contribution is -0.160. The van der Waals surface area contributed by atoms with E-state index in [1.54, 1.807) is 23.2 Å². The summed E-state index contributed by atoms with van der Waals surface area (Å²) in [4.78, 5) is 25.5. The van der Waals surface area contributed by atoms with Gasteiger partial charge in [-0.1, -0.05) is 0 Å². The Morgan fingerprint density at radius 1 is 1.30 bits per heavy atom. The van der Waals surface area contributed by atoms with Crippen LogP contribution in [0.1, 0.15) is 17.3 Å². The van der Waals surface area contributed by atoms with E-state index in [0.29, 0.717) is 17.9 Å². The van der Waals surface area contributed by atoms with E-state index in [2.05, 4.69) is 5.10 Å². The van der Waals surface area contributed by atoms with Gasteiger partial charge in [-0.15, -0.1) is 0 Å².